The zero-order chi connectivity index (χ0) is 27.8. The first-order chi connectivity index (χ1) is 19.2. The fourth-order valence-electron chi connectivity index (χ4n) is 6.97. The van der Waals surface area contributed by atoms with Crippen LogP contribution in [0, 0.1) is 35.5 Å². The normalized spacial score (nSPS) is 27.8. The summed E-state index contributed by atoms with van der Waals surface area (Å²) in [6.07, 6.45) is 5.46. The van der Waals surface area contributed by atoms with Gasteiger partial charge in [0.1, 0.15) is 11.5 Å². The second-order valence-electron chi connectivity index (χ2n) is 12.6. The highest BCUT2D eigenvalue weighted by atomic mass is 16.5. The van der Waals surface area contributed by atoms with E-state index >= 15 is 0 Å². The average molecular weight is 533 g/mol. The molecule has 6 heteroatoms. The standard InChI is InChI=1S/C34H32N2O4/c1-34(2,3)20-7-11-23(12-8-20)40-24-13-9-21(10-14-24)35-31(37)19-5-4-6-22(17-19)36-32(38)29-25-15-16-26(28-18-27(25)28)30(29)33(36)39/h4-17,25-30H,18H2,1-3H3,(H,35,37). The van der Waals surface area contributed by atoms with Crippen molar-refractivity contribution in [2.45, 2.75) is 32.6 Å². The van der Waals surface area contributed by atoms with Crippen LogP contribution in [0.25, 0.3) is 0 Å². The second-order valence-corrected chi connectivity index (χ2v) is 12.6. The Morgan fingerprint density at radius 3 is 1.98 bits per heavy atom. The predicted octanol–water partition coefficient (Wildman–Crippen LogP) is 6.59. The van der Waals surface area contributed by atoms with E-state index in [2.05, 4.69) is 50.4 Å². The van der Waals surface area contributed by atoms with Gasteiger partial charge in [0.05, 0.1) is 17.5 Å². The number of hydrogen-bond donors (Lipinski definition) is 1. The highest BCUT2D eigenvalue weighted by Gasteiger charge is 2.67. The van der Waals surface area contributed by atoms with Crippen LogP contribution in [0.5, 0.6) is 11.5 Å². The van der Waals surface area contributed by atoms with Gasteiger partial charge in [-0.2, -0.15) is 0 Å². The van der Waals surface area contributed by atoms with E-state index in [0.717, 1.165) is 12.2 Å². The monoisotopic (exact) mass is 532 g/mol. The van der Waals surface area contributed by atoms with Crippen molar-refractivity contribution in [1.29, 1.82) is 0 Å². The molecule has 0 spiro atoms. The maximum Gasteiger partial charge on any atom is 0.255 e. The molecule has 0 radical (unpaired) electrons. The zero-order valence-electron chi connectivity index (χ0n) is 22.8. The lowest BCUT2D eigenvalue weighted by Gasteiger charge is -2.37. The molecule has 2 bridgehead atoms. The molecular formula is C34H32N2O4. The van der Waals surface area contributed by atoms with Gasteiger partial charge in [-0.25, -0.2) is 4.90 Å². The highest BCUT2D eigenvalue weighted by molar-refractivity contribution is 6.23. The third kappa shape index (κ3) is 4.05. The van der Waals surface area contributed by atoms with Gasteiger partial charge in [0.15, 0.2) is 0 Å². The van der Waals surface area contributed by atoms with Gasteiger partial charge in [0.25, 0.3) is 5.91 Å². The number of anilines is 2. The molecule has 1 N–H and O–H groups in total. The average Bonchev–Trinajstić information content (AvgIpc) is 3.72. The van der Waals surface area contributed by atoms with Gasteiger partial charge in [0.2, 0.25) is 11.8 Å². The number of nitrogens with zero attached hydrogens (tertiary/aromatic N) is 1. The first-order valence-electron chi connectivity index (χ1n) is 14.0. The van der Waals surface area contributed by atoms with Gasteiger partial charge in [-0.05, 0) is 95.7 Å². The minimum absolute atomic E-state index is 0.0766. The van der Waals surface area contributed by atoms with Crippen molar-refractivity contribution in [2.75, 3.05) is 10.2 Å². The summed E-state index contributed by atoms with van der Waals surface area (Å²) in [6.45, 7) is 6.52. The molecule has 1 aliphatic heterocycles. The number of nitrogens with one attached hydrogen (secondary N) is 1. The molecule has 6 atom stereocenters. The van der Waals surface area contributed by atoms with E-state index in [-0.39, 0.29) is 46.8 Å². The molecule has 1 heterocycles. The predicted molar refractivity (Wildman–Crippen MR) is 153 cm³/mol. The Bertz CT molecular complexity index is 1510. The minimum atomic E-state index is -0.312. The molecule has 6 unspecified atom stereocenters. The third-order valence-corrected chi connectivity index (χ3v) is 9.10. The van der Waals surface area contributed by atoms with Crippen LogP contribution in [0.3, 0.4) is 0 Å². The molecule has 40 heavy (non-hydrogen) atoms. The smallest absolute Gasteiger partial charge is 0.255 e. The number of carbonyl (C=O) groups is 3. The van der Waals surface area contributed by atoms with E-state index in [4.69, 9.17) is 4.74 Å². The number of imide groups is 1. The van der Waals surface area contributed by atoms with E-state index in [9.17, 15) is 14.4 Å². The lowest BCUT2D eigenvalue weighted by molar-refractivity contribution is -0.124. The van der Waals surface area contributed by atoms with Crippen molar-refractivity contribution in [1.82, 2.24) is 0 Å². The van der Waals surface area contributed by atoms with Crippen LogP contribution in [-0.4, -0.2) is 17.7 Å². The zero-order valence-corrected chi connectivity index (χ0v) is 22.8. The number of rotatable bonds is 5. The quantitative estimate of drug-likeness (QED) is 0.297. The Labute approximate surface area is 234 Å². The number of allylic oxidation sites excluding steroid dienone is 2. The Balaban J connectivity index is 1.03. The molecule has 4 aliphatic carbocycles. The fraction of sp³-hybridized carbons (Fsp3) is 0.324. The van der Waals surface area contributed by atoms with Crippen LogP contribution in [0.15, 0.2) is 84.9 Å². The number of amides is 3. The topological polar surface area (TPSA) is 75.7 Å². The van der Waals surface area contributed by atoms with Crippen molar-refractivity contribution in [3.8, 4) is 11.5 Å². The van der Waals surface area contributed by atoms with Gasteiger partial charge in [-0.3, -0.25) is 14.4 Å². The largest absolute Gasteiger partial charge is 0.457 e. The molecule has 1 saturated heterocycles. The van der Waals surface area contributed by atoms with E-state index in [1.54, 1.807) is 48.5 Å². The van der Waals surface area contributed by atoms with Crippen LogP contribution >= 0.6 is 0 Å². The molecule has 5 aliphatic rings. The number of benzene rings is 3. The Morgan fingerprint density at radius 2 is 1.40 bits per heavy atom. The highest BCUT2D eigenvalue weighted by Crippen LogP contribution is 2.65. The van der Waals surface area contributed by atoms with E-state index in [1.165, 1.54) is 10.5 Å². The summed E-state index contributed by atoms with van der Waals surface area (Å²) < 4.78 is 5.97. The van der Waals surface area contributed by atoms with Crippen LogP contribution in [0.2, 0.25) is 0 Å². The fourth-order valence-corrected chi connectivity index (χ4v) is 6.97. The van der Waals surface area contributed by atoms with Gasteiger partial charge in [-0.1, -0.05) is 51.1 Å². The molecule has 0 aromatic heterocycles. The third-order valence-electron chi connectivity index (χ3n) is 9.10. The van der Waals surface area contributed by atoms with E-state index in [0.29, 0.717) is 34.5 Å². The van der Waals surface area contributed by atoms with Crippen molar-refractivity contribution in [3.63, 3.8) is 0 Å². The Kier molecular flexibility index (Phi) is 5.53. The van der Waals surface area contributed by atoms with Crippen molar-refractivity contribution < 1.29 is 19.1 Å². The summed E-state index contributed by atoms with van der Waals surface area (Å²) in [5.74, 6) is 1.76. The summed E-state index contributed by atoms with van der Waals surface area (Å²) >= 11 is 0. The molecule has 3 fully saturated rings. The summed E-state index contributed by atoms with van der Waals surface area (Å²) in [5.41, 5.74) is 2.78. The molecule has 3 aromatic rings. The van der Waals surface area contributed by atoms with Crippen LogP contribution < -0.4 is 15.0 Å². The van der Waals surface area contributed by atoms with Gasteiger partial charge >= 0.3 is 0 Å². The van der Waals surface area contributed by atoms with Crippen molar-refractivity contribution in [2.24, 2.45) is 35.5 Å². The summed E-state index contributed by atoms with van der Waals surface area (Å²) in [5, 5.41) is 2.91. The SMILES string of the molecule is CC(C)(C)c1ccc(Oc2ccc(NC(=O)c3cccc(N4C(=O)C5C6C=CC(C7CC67)C5C4=O)c3)cc2)cc1. The van der Waals surface area contributed by atoms with Crippen LogP contribution in [0.1, 0.15) is 43.1 Å². The van der Waals surface area contributed by atoms with E-state index < -0.39 is 0 Å². The van der Waals surface area contributed by atoms with Crippen molar-refractivity contribution in [3.05, 3.63) is 96.1 Å². The molecule has 3 amide bonds. The number of carbonyl (C=O) groups excluding carboxylic acids is 3. The van der Waals surface area contributed by atoms with Crippen LogP contribution in [-0.2, 0) is 15.0 Å². The minimum Gasteiger partial charge on any atom is -0.457 e. The van der Waals surface area contributed by atoms with Gasteiger partial charge in [0, 0.05) is 11.3 Å². The lowest BCUT2D eigenvalue weighted by atomic mass is 9.63. The summed E-state index contributed by atoms with van der Waals surface area (Å²) in [4.78, 5) is 41.3. The van der Waals surface area contributed by atoms with E-state index in [1.807, 2.05) is 12.1 Å². The van der Waals surface area contributed by atoms with Gasteiger partial charge in [-0.15, -0.1) is 0 Å². The molecule has 6 nitrogen and oxygen atoms in total. The van der Waals surface area contributed by atoms with Crippen LogP contribution in [0.4, 0.5) is 11.4 Å². The second kappa shape index (κ2) is 8.91. The number of hydrogen-bond acceptors (Lipinski definition) is 4. The maximum absolute atomic E-state index is 13.5. The Morgan fingerprint density at radius 1 is 0.825 bits per heavy atom. The molecule has 2 saturated carbocycles. The summed E-state index contributed by atoms with van der Waals surface area (Å²) in [7, 11) is 0. The molecular weight excluding hydrogens is 500 g/mol. The summed E-state index contributed by atoms with van der Waals surface area (Å²) in [6, 6.07) is 22.0. The molecule has 8 rings (SSSR count). The molecule has 3 aromatic carbocycles. The Hall–Kier alpha value is -4.19. The molecule has 202 valence electrons. The first-order valence-corrected chi connectivity index (χ1v) is 14.0. The lowest BCUT2D eigenvalue weighted by Crippen LogP contribution is -2.40. The van der Waals surface area contributed by atoms with Crippen molar-refractivity contribution >= 4 is 29.1 Å². The number of ether oxygens (including phenoxy) is 1. The maximum atomic E-state index is 13.5. The first kappa shape index (κ1) is 24.8. The van der Waals surface area contributed by atoms with Gasteiger partial charge < -0.3 is 10.1 Å².